The number of hydrogen-bond acceptors (Lipinski definition) is 11. The third-order valence-electron chi connectivity index (χ3n) is 5.18. The minimum absolute atomic E-state index is 0. The Morgan fingerprint density at radius 3 is 1.57 bits per heavy atom. The van der Waals surface area contributed by atoms with Gasteiger partial charge in [0.05, 0.1) is 26.1 Å². The van der Waals surface area contributed by atoms with Crippen molar-refractivity contribution < 1.29 is 133 Å². The monoisotopic (exact) mass is 630 g/mol. The van der Waals surface area contributed by atoms with Crippen LogP contribution in [0.15, 0.2) is 97.7 Å². The summed E-state index contributed by atoms with van der Waals surface area (Å²) in [6, 6.07) is 13.5. The van der Waals surface area contributed by atoms with Crippen molar-refractivity contribution in [2.45, 2.75) is 14.7 Å². The van der Waals surface area contributed by atoms with Crippen molar-refractivity contribution in [1.82, 2.24) is 0 Å². The average molecular weight is 631 g/mol. The summed E-state index contributed by atoms with van der Waals surface area (Å²) in [5.74, 6) is -0.688. The first-order valence-corrected chi connectivity index (χ1v) is 14.2. The SMILES string of the molecule is O=S(=O)([O-])c1ccc(N=Nc2c([O-])c(-c3ccc(S(=O)(=O)[O-])cc3)cc3cc(S(=O)(=O)O)ccc23)cc1.[Na+].[Na+].[Na+]. The zero-order valence-corrected chi connectivity index (χ0v) is 29.6. The molecule has 0 aliphatic heterocycles. The number of nitrogens with zero attached hydrogens (tertiary/aromatic N) is 2. The van der Waals surface area contributed by atoms with Gasteiger partial charge in [-0.05, 0) is 71.1 Å². The molecule has 0 aromatic heterocycles. The summed E-state index contributed by atoms with van der Waals surface area (Å²) >= 11 is 0. The second kappa shape index (κ2) is 14.2. The third-order valence-corrected chi connectivity index (χ3v) is 7.73. The van der Waals surface area contributed by atoms with Crippen LogP contribution in [0.2, 0.25) is 0 Å². The van der Waals surface area contributed by atoms with Gasteiger partial charge in [-0.1, -0.05) is 23.9 Å². The summed E-state index contributed by atoms with van der Waals surface area (Å²) < 4.78 is 99.6. The van der Waals surface area contributed by atoms with E-state index in [1.165, 1.54) is 36.4 Å². The van der Waals surface area contributed by atoms with Gasteiger partial charge in [0, 0.05) is 5.39 Å². The molecule has 12 nitrogen and oxygen atoms in total. The molecular weight excluding hydrogens is 617 g/mol. The Morgan fingerprint density at radius 1 is 0.625 bits per heavy atom. The minimum Gasteiger partial charge on any atom is -0.871 e. The smallest absolute Gasteiger partial charge is 0.871 e. The number of rotatable bonds is 6. The molecule has 0 radical (unpaired) electrons. The number of hydrogen-bond donors (Lipinski definition) is 1. The van der Waals surface area contributed by atoms with Crippen LogP contribution >= 0.6 is 0 Å². The van der Waals surface area contributed by atoms with E-state index in [1.807, 2.05) is 0 Å². The fraction of sp³-hybridized carbons (Fsp3) is 0. The van der Waals surface area contributed by atoms with Crippen molar-refractivity contribution in [2.24, 2.45) is 10.2 Å². The first-order chi connectivity index (χ1) is 17.1. The zero-order valence-electron chi connectivity index (χ0n) is 21.2. The van der Waals surface area contributed by atoms with Gasteiger partial charge in [0.15, 0.2) is 0 Å². The summed E-state index contributed by atoms with van der Waals surface area (Å²) in [6.45, 7) is 0. The van der Waals surface area contributed by atoms with Crippen LogP contribution in [0.5, 0.6) is 5.75 Å². The molecule has 0 fully saturated rings. The van der Waals surface area contributed by atoms with Gasteiger partial charge in [-0.3, -0.25) is 4.55 Å². The number of azo groups is 1. The summed E-state index contributed by atoms with van der Waals surface area (Å²) in [4.78, 5) is -1.49. The van der Waals surface area contributed by atoms with Gasteiger partial charge in [0.2, 0.25) is 0 Å². The number of benzene rings is 4. The Labute approximate surface area is 296 Å². The van der Waals surface area contributed by atoms with Crippen molar-refractivity contribution in [3.05, 3.63) is 72.8 Å². The Bertz CT molecular complexity index is 1900. The topological polar surface area (TPSA) is 217 Å². The van der Waals surface area contributed by atoms with Crippen molar-refractivity contribution in [3.63, 3.8) is 0 Å². The molecule has 0 aliphatic carbocycles. The molecule has 40 heavy (non-hydrogen) atoms. The van der Waals surface area contributed by atoms with Gasteiger partial charge in [0.25, 0.3) is 10.1 Å². The summed E-state index contributed by atoms with van der Waals surface area (Å²) in [5, 5.41) is 21.5. The van der Waals surface area contributed by atoms with E-state index >= 15 is 0 Å². The maximum absolute atomic E-state index is 13.3. The molecule has 0 saturated heterocycles. The van der Waals surface area contributed by atoms with E-state index in [0.717, 1.165) is 36.4 Å². The van der Waals surface area contributed by atoms with Crippen LogP contribution < -0.4 is 93.8 Å². The Morgan fingerprint density at radius 2 is 1.10 bits per heavy atom. The third kappa shape index (κ3) is 8.65. The first-order valence-electron chi connectivity index (χ1n) is 9.94. The summed E-state index contributed by atoms with van der Waals surface area (Å²) in [6.07, 6.45) is 0. The van der Waals surface area contributed by atoms with Crippen LogP contribution in [0.4, 0.5) is 11.4 Å². The molecule has 0 saturated carbocycles. The fourth-order valence-electron chi connectivity index (χ4n) is 3.41. The van der Waals surface area contributed by atoms with Gasteiger partial charge in [0.1, 0.15) is 20.2 Å². The fourth-order valence-corrected chi connectivity index (χ4v) is 4.86. The van der Waals surface area contributed by atoms with Crippen LogP contribution in [0.25, 0.3) is 21.9 Å². The van der Waals surface area contributed by atoms with Crippen molar-refractivity contribution in [1.29, 1.82) is 0 Å². The van der Waals surface area contributed by atoms with Crippen molar-refractivity contribution in [3.8, 4) is 16.9 Å². The van der Waals surface area contributed by atoms with Crippen molar-refractivity contribution >= 4 is 52.5 Å². The van der Waals surface area contributed by atoms with Gasteiger partial charge in [-0.15, -0.1) is 0 Å². The predicted octanol–water partition coefficient (Wildman–Crippen LogP) is -5.94. The molecular formula is C22H13N2Na3O10S3. The van der Waals surface area contributed by atoms with E-state index < -0.39 is 50.8 Å². The molecule has 4 aromatic carbocycles. The van der Waals surface area contributed by atoms with Crippen molar-refractivity contribution in [2.75, 3.05) is 0 Å². The molecule has 0 spiro atoms. The summed E-state index contributed by atoms with van der Waals surface area (Å²) in [5.41, 5.74) is -0.0325. The maximum atomic E-state index is 13.3. The van der Waals surface area contributed by atoms with Gasteiger partial charge in [-0.2, -0.15) is 18.6 Å². The van der Waals surface area contributed by atoms with Crippen LogP contribution in [-0.4, -0.2) is 38.9 Å². The zero-order chi connectivity index (χ0) is 27.2. The van der Waals surface area contributed by atoms with Crippen LogP contribution in [-0.2, 0) is 30.4 Å². The molecule has 0 bridgehead atoms. The Balaban J connectivity index is 0.00000267. The average Bonchev–Trinajstić information content (AvgIpc) is 2.81. The quantitative estimate of drug-likeness (QED) is 0.121. The molecule has 0 amide bonds. The van der Waals surface area contributed by atoms with E-state index in [2.05, 4.69) is 10.2 Å². The largest absolute Gasteiger partial charge is 1.00 e. The van der Waals surface area contributed by atoms with E-state index in [9.17, 15) is 44.0 Å². The molecule has 192 valence electrons. The molecule has 1 N–H and O–H groups in total. The van der Waals surface area contributed by atoms with E-state index in [-0.39, 0.29) is 122 Å². The summed E-state index contributed by atoms with van der Waals surface area (Å²) in [7, 11) is -14.0. The maximum Gasteiger partial charge on any atom is 1.00 e. The van der Waals surface area contributed by atoms with Crippen LogP contribution in [0.1, 0.15) is 0 Å². The van der Waals surface area contributed by atoms with E-state index in [0.29, 0.717) is 0 Å². The normalized spacial score (nSPS) is 11.9. The molecule has 0 unspecified atom stereocenters. The first kappa shape index (κ1) is 37.3. The van der Waals surface area contributed by atoms with Gasteiger partial charge < -0.3 is 14.2 Å². The Kier molecular flexibility index (Phi) is 13.2. The molecule has 0 aliphatic rings. The van der Waals surface area contributed by atoms with E-state index in [4.69, 9.17) is 0 Å². The number of fused-ring (bicyclic) bond motifs is 1. The molecule has 0 atom stereocenters. The second-order valence-electron chi connectivity index (χ2n) is 7.59. The van der Waals surface area contributed by atoms with Crippen LogP contribution in [0.3, 0.4) is 0 Å². The minimum atomic E-state index is -4.74. The van der Waals surface area contributed by atoms with E-state index in [1.54, 1.807) is 0 Å². The predicted molar refractivity (Wildman–Crippen MR) is 125 cm³/mol. The standard InChI is InChI=1S/C22H16N2O10S3.3Na/c25-22-20(13-1-5-16(6-2-13)35(26,27)28)12-14-11-18(37(32,33)34)9-10-19(14)21(22)24-23-15-3-7-17(8-4-15)36(29,30)31;;;/h1-12,25H,(H,26,27,28)(H,29,30,31)(H,32,33,34);;;/q;3*+1/p-3. The molecule has 18 heteroatoms. The van der Waals surface area contributed by atoms with Crippen LogP contribution in [0, 0.1) is 0 Å². The molecule has 4 rings (SSSR count). The second-order valence-corrected chi connectivity index (χ2v) is 11.8. The van der Waals surface area contributed by atoms with Gasteiger partial charge in [-0.25, -0.2) is 16.8 Å². The molecule has 0 heterocycles. The van der Waals surface area contributed by atoms with Gasteiger partial charge >= 0.3 is 88.7 Å². The Hall–Kier alpha value is -0.730. The molecule has 4 aromatic rings.